The smallest absolute Gasteiger partial charge is 0.261 e. The van der Waals surface area contributed by atoms with Gasteiger partial charge in [-0.1, -0.05) is 18.2 Å². The monoisotopic (exact) mass is 493 g/mol. The molecule has 1 saturated heterocycles. The molecule has 0 spiro atoms. The van der Waals surface area contributed by atoms with Crippen molar-refractivity contribution in [2.24, 2.45) is 0 Å². The third-order valence-electron chi connectivity index (χ3n) is 5.73. The van der Waals surface area contributed by atoms with E-state index in [1.165, 1.54) is 25.3 Å². The van der Waals surface area contributed by atoms with Gasteiger partial charge in [0.1, 0.15) is 5.75 Å². The maximum Gasteiger partial charge on any atom is 0.261 e. The highest BCUT2D eigenvalue weighted by atomic mass is 32.2. The van der Waals surface area contributed by atoms with Crippen LogP contribution in [0.1, 0.15) is 35.2 Å². The highest BCUT2D eigenvalue weighted by Gasteiger charge is 2.19. The summed E-state index contributed by atoms with van der Waals surface area (Å²) in [4.78, 5) is 26.8. The van der Waals surface area contributed by atoms with Crippen LogP contribution in [0.15, 0.2) is 77.7 Å². The normalized spacial score (nSPS) is 13.9. The van der Waals surface area contributed by atoms with Crippen LogP contribution in [-0.4, -0.2) is 38.8 Å². The molecule has 1 aliphatic heterocycles. The summed E-state index contributed by atoms with van der Waals surface area (Å²) in [7, 11) is -2.37. The first kappa shape index (κ1) is 24.3. The highest BCUT2D eigenvalue weighted by Crippen LogP contribution is 2.21. The molecule has 3 aromatic rings. The Morgan fingerprint density at radius 2 is 1.74 bits per heavy atom. The Hall–Kier alpha value is -3.85. The number of carbonyl (C=O) groups excluding carboxylic acids is 2. The largest absolute Gasteiger partial charge is 0.497 e. The maximum atomic E-state index is 12.9. The number of anilines is 2. The van der Waals surface area contributed by atoms with Gasteiger partial charge < -0.3 is 15.0 Å². The van der Waals surface area contributed by atoms with Crippen LogP contribution in [0.3, 0.4) is 0 Å². The first-order chi connectivity index (χ1) is 16.8. The topological polar surface area (TPSA) is 105 Å². The molecular formula is C26H27N3O5S. The standard InChI is InChI=1S/C26H27N3O5S/c1-34-23-13-11-21(12-14-23)28-35(32,33)24-9-5-7-20(17-24)26(31)27-22-8-4-6-19(16-22)18-29-15-3-2-10-25(29)30/h4-9,11-14,16-17,28H,2-3,10,15,18H2,1H3,(H,27,31). The van der Waals surface area contributed by atoms with Gasteiger partial charge in [0.2, 0.25) is 5.91 Å². The lowest BCUT2D eigenvalue weighted by molar-refractivity contribution is -0.133. The number of likely N-dealkylation sites (tertiary alicyclic amines) is 1. The minimum Gasteiger partial charge on any atom is -0.497 e. The van der Waals surface area contributed by atoms with Gasteiger partial charge in [-0.2, -0.15) is 0 Å². The zero-order valence-electron chi connectivity index (χ0n) is 19.4. The number of ether oxygens (including phenoxy) is 1. The van der Waals surface area contributed by atoms with Crippen molar-refractivity contribution >= 4 is 33.2 Å². The first-order valence-corrected chi connectivity index (χ1v) is 12.8. The molecule has 1 heterocycles. The van der Waals surface area contributed by atoms with Crippen molar-refractivity contribution in [1.29, 1.82) is 0 Å². The van der Waals surface area contributed by atoms with Crippen molar-refractivity contribution in [2.75, 3.05) is 23.7 Å². The molecule has 2 amide bonds. The Balaban J connectivity index is 1.45. The van der Waals surface area contributed by atoms with Crippen LogP contribution in [0, 0.1) is 0 Å². The third kappa shape index (κ3) is 6.19. The number of sulfonamides is 1. The second-order valence-corrected chi connectivity index (χ2v) is 9.97. The molecule has 35 heavy (non-hydrogen) atoms. The molecule has 9 heteroatoms. The quantitative estimate of drug-likeness (QED) is 0.488. The van der Waals surface area contributed by atoms with Gasteiger partial charge in [-0.15, -0.1) is 0 Å². The number of rotatable bonds is 8. The number of methoxy groups -OCH3 is 1. The number of nitrogens with zero attached hydrogens (tertiary/aromatic N) is 1. The summed E-state index contributed by atoms with van der Waals surface area (Å²) in [6, 6.07) is 19.6. The van der Waals surface area contributed by atoms with Gasteiger partial charge in [0, 0.05) is 36.4 Å². The molecule has 0 bridgehead atoms. The van der Waals surface area contributed by atoms with Crippen molar-refractivity contribution in [3.63, 3.8) is 0 Å². The molecule has 1 aliphatic rings. The Kier molecular flexibility index (Phi) is 7.36. The fourth-order valence-corrected chi connectivity index (χ4v) is 4.98. The lowest BCUT2D eigenvalue weighted by Gasteiger charge is -2.26. The van der Waals surface area contributed by atoms with Crippen LogP contribution in [0.25, 0.3) is 0 Å². The minimum atomic E-state index is -3.90. The minimum absolute atomic E-state index is 0.0293. The number of hydrogen-bond acceptors (Lipinski definition) is 5. The average molecular weight is 494 g/mol. The molecule has 4 rings (SSSR count). The van der Waals surface area contributed by atoms with E-state index in [9.17, 15) is 18.0 Å². The number of amides is 2. The summed E-state index contributed by atoms with van der Waals surface area (Å²) in [6.07, 6.45) is 2.49. The van der Waals surface area contributed by atoms with Crippen molar-refractivity contribution < 1.29 is 22.7 Å². The van der Waals surface area contributed by atoms with Crippen LogP contribution in [0.5, 0.6) is 5.75 Å². The van der Waals surface area contributed by atoms with E-state index in [1.807, 2.05) is 23.1 Å². The average Bonchev–Trinajstić information content (AvgIpc) is 2.86. The molecule has 0 atom stereocenters. The number of nitrogens with one attached hydrogen (secondary N) is 2. The lowest BCUT2D eigenvalue weighted by Crippen LogP contribution is -2.34. The van der Waals surface area contributed by atoms with E-state index in [0.717, 1.165) is 24.9 Å². The van der Waals surface area contributed by atoms with Crippen molar-refractivity contribution in [3.8, 4) is 5.75 Å². The molecule has 0 radical (unpaired) electrons. The zero-order valence-corrected chi connectivity index (χ0v) is 20.2. The summed E-state index contributed by atoms with van der Waals surface area (Å²) >= 11 is 0. The Bertz CT molecular complexity index is 1320. The predicted octanol–water partition coefficient (Wildman–Crippen LogP) is 4.26. The molecule has 0 aliphatic carbocycles. The van der Waals surface area contributed by atoms with Crippen LogP contribution < -0.4 is 14.8 Å². The molecule has 0 saturated carbocycles. The zero-order chi connectivity index (χ0) is 24.8. The second kappa shape index (κ2) is 10.6. The summed E-state index contributed by atoms with van der Waals surface area (Å²) in [6.45, 7) is 1.23. The first-order valence-electron chi connectivity index (χ1n) is 11.3. The van der Waals surface area contributed by atoms with Gasteiger partial charge in [0.05, 0.1) is 12.0 Å². The van der Waals surface area contributed by atoms with E-state index >= 15 is 0 Å². The van der Waals surface area contributed by atoms with Crippen LogP contribution in [0.2, 0.25) is 0 Å². The maximum absolute atomic E-state index is 12.9. The fourth-order valence-electron chi connectivity index (χ4n) is 3.88. The van der Waals surface area contributed by atoms with Crippen LogP contribution in [0.4, 0.5) is 11.4 Å². The SMILES string of the molecule is COc1ccc(NS(=O)(=O)c2cccc(C(=O)Nc3cccc(CN4CCCCC4=O)c3)c2)cc1. The van der Waals surface area contributed by atoms with Gasteiger partial charge in [0.15, 0.2) is 0 Å². The summed E-state index contributed by atoms with van der Waals surface area (Å²) < 4.78 is 33.3. The Labute approximate surface area is 205 Å². The van der Waals surface area contributed by atoms with E-state index in [2.05, 4.69) is 10.0 Å². The number of hydrogen-bond donors (Lipinski definition) is 2. The van der Waals surface area contributed by atoms with Gasteiger partial charge in [-0.25, -0.2) is 8.42 Å². The summed E-state index contributed by atoms with van der Waals surface area (Å²) in [5.41, 5.74) is 2.07. The van der Waals surface area contributed by atoms with Crippen molar-refractivity contribution in [3.05, 3.63) is 83.9 Å². The van der Waals surface area contributed by atoms with Crippen molar-refractivity contribution in [2.45, 2.75) is 30.7 Å². The van der Waals surface area contributed by atoms with E-state index in [4.69, 9.17) is 4.74 Å². The number of piperidine rings is 1. The van der Waals surface area contributed by atoms with Gasteiger partial charge in [0.25, 0.3) is 15.9 Å². The second-order valence-electron chi connectivity index (χ2n) is 8.29. The molecule has 0 aromatic heterocycles. The molecule has 182 valence electrons. The summed E-state index contributed by atoms with van der Waals surface area (Å²) in [5, 5.41) is 2.82. The van der Waals surface area contributed by atoms with Crippen molar-refractivity contribution in [1.82, 2.24) is 4.90 Å². The van der Waals surface area contributed by atoms with E-state index in [0.29, 0.717) is 30.1 Å². The number of carbonyl (C=O) groups is 2. The van der Waals surface area contributed by atoms with Crippen LogP contribution in [-0.2, 0) is 21.4 Å². The highest BCUT2D eigenvalue weighted by molar-refractivity contribution is 7.92. The Morgan fingerprint density at radius 1 is 0.971 bits per heavy atom. The van der Waals surface area contributed by atoms with E-state index < -0.39 is 15.9 Å². The molecule has 1 fully saturated rings. The molecule has 8 nitrogen and oxygen atoms in total. The van der Waals surface area contributed by atoms with E-state index in [1.54, 1.807) is 36.4 Å². The van der Waals surface area contributed by atoms with Gasteiger partial charge in [-0.05, 0) is 73.0 Å². The summed E-state index contributed by atoms with van der Waals surface area (Å²) in [5.74, 6) is 0.322. The molecule has 2 N–H and O–H groups in total. The van der Waals surface area contributed by atoms with Gasteiger partial charge in [-0.3, -0.25) is 14.3 Å². The third-order valence-corrected chi connectivity index (χ3v) is 7.11. The fraction of sp³-hybridized carbons (Fsp3) is 0.231. The molecule has 0 unspecified atom stereocenters. The number of benzene rings is 3. The van der Waals surface area contributed by atoms with E-state index in [-0.39, 0.29) is 16.4 Å². The predicted molar refractivity (Wildman–Crippen MR) is 134 cm³/mol. The molecule has 3 aromatic carbocycles. The van der Waals surface area contributed by atoms with Gasteiger partial charge >= 0.3 is 0 Å². The van der Waals surface area contributed by atoms with Crippen LogP contribution >= 0.6 is 0 Å². The molecular weight excluding hydrogens is 466 g/mol. The Morgan fingerprint density at radius 3 is 2.49 bits per heavy atom. The lowest BCUT2D eigenvalue weighted by atomic mass is 10.1.